The van der Waals surface area contributed by atoms with E-state index in [1.165, 1.54) is 12.1 Å². The van der Waals surface area contributed by atoms with E-state index in [0.29, 0.717) is 22.0 Å². The number of esters is 1. The van der Waals surface area contributed by atoms with Crippen molar-refractivity contribution < 1.29 is 28.8 Å². The van der Waals surface area contributed by atoms with Gasteiger partial charge in [-0.3, -0.25) is 29.4 Å². The smallest absolute Gasteiger partial charge is 0.326 e. The molecule has 0 spiro atoms. The van der Waals surface area contributed by atoms with Gasteiger partial charge in [0.1, 0.15) is 30.2 Å². The fourth-order valence-corrected chi connectivity index (χ4v) is 3.28. The van der Waals surface area contributed by atoms with E-state index in [-0.39, 0.29) is 17.7 Å². The molecule has 2 amide bonds. The Kier molecular flexibility index (Phi) is 5.63. The third-order valence-corrected chi connectivity index (χ3v) is 4.79. The first-order valence-electron chi connectivity index (χ1n) is 9.55. The van der Waals surface area contributed by atoms with E-state index in [0.717, 1.165) is 6.07 Å². The van der Waals surface area contributed by atoms with Crippen LogP contribution in [0.1, 0.15) is 26.3 Å². The number of nitrogens with zero attached hydrogens (tertiary/aromatic N) is 2. The average molecular weight is 432 g/mol. The van der Waals surface area contributed by atoms with Gasteiger partial charge in [-0.2, -0.15) is 0 Å². The van der Waals surface area contributed by atoms with E-state index in [4.69, 9.17) is 9.47 Å². The number of carbonyl (C=O) groups excluding carboxylic acids is 3. The molecular formula is C23H16N2O7. The second-order valence-electron chi connectivity index (χ2n) is 6.84. The molecule has 3 aromatic carbocycles. The van der Waals surface area contributed by atoms with Crippen molar-refractivity contribution >= 4 is 23.5 Å². The summed E-state index contributed by atoms with van der Waals surface area (Å²) in [5, 5.41) is 11.2. The minimum absolute atomic E-state index is 0.112. The van der Waals surface area contributed by atoms with Crippen molar-refractivity contribution in [1.82, 2.24) is 4.90 Å². The van der Waals surface area contributed by atoms with Gasteiger partial charge in [0.15, 0.2) is 0 Å². The van der Waals surface area contributed by atoms with Crippen molar-refractivity contribution in [3.05, 3.63) is 99.6 Å². The zero-order valence-electron chi connectivity index (χ0n) is 16.6. The van der Waals surface area contributed by atoms with Gasteiger partial charge < -0.3 is 9.47 Å². The van der Waals surface area contributed by atoms with Gasteiger partial charge in [0.05, 0.1) is 10.5 Å². The lowest BCUT2D eigenvalue weighted by Crippen LogP contribution is -2.35. The molecular weight excluding hydrogens is 416 g/mol. The first-order valence-corrected chi connectivity index (χ1v) is 9.55. The fourth-order valence-electron chi connectivity index (χ4n) is 3.28. The molecule has 1 aliphatic rings. The summed E-state index contributed by atoms with van der Waals surface area (Å²) in [6.45, 7) is -0.809. The molecule has 0 bridgehead atoms. The summed E-state index contributed by atoms with van der Waals surface area (Å²) in [5.74, 6) is -1.42. The molecule has 4 rings (SSSR count). The molecule has 9 heteroatoms. The van der Waals surface area contributed by atoms with E-state index in [2.05, 4.69) is 0 Å². The standard InChI is InChI=1S/C23H16N2O7/c26-20(13-24-22(27)17-10-6-11-18(25(29)30)21(17)23(24)28)31-14-15-7-4-5-12-19(15)32-16-8-2-1-3-9-16/h1-12H,13-14H2. The average Bonchev–Trinajstić information content (AvgIpc) is 3.04. The third-order valence-electron chi connectivity index (χ3n) is 4.79. The zero-order valence-corrected chi connectivity index (χ0v) is 16.6. The van der Waals surface area contributed by atoms with Crippen molar-refractivity contribution in [3.8, 4) is 11.5 Å². The normalized spacial score (nSPS) is 12.4. The molecule has 160 valence electrons. The Hall–Kier alpha value is -4.53. The van der Waals surface area contributed by atoms with Crippen LogP contribution in [0.15, 0.2) is 72.8 Å². The van der Waals surface area contributed by atoms with Crippen LogP contribution in [-0.2, 0) is 16.1 Å². The highest BCUT2D eigenvalue weighted by Crippen LogP contribution is 2.31. The van der Waals surface area contributed by atoms with Crippen LogP contribution >= 0.6 is 0 Å². The van der Waals surface area contributed by atoms with Gasteiger partial charge in [-0.15, -0.1) is 0 Å². The van der Waals surface area contributed by atoms with Crippen LogP contribution in [0.3, 0.4) is 0 Å². The SMILES string of the molecule is O=C(CN1C(=O)c2cccc([N+](=O)[O-])c2C1=O)OCc1ccccc1Oc1ccccc1. The Morgan fingerprint density at radius 1 is 0.906 bits per heavy atom. The van der Waals surface area contributed by atoms with Crippen molar-refractivity contribution in [2.24, 2.45) is 0 Å². The number of fused-ring (bicyclic) bond motifs is 1. The molecule has 0 aliphatic carbocycles. The monoisotopic (exact) mass is 432 g/mol. The highest BCUT2D eigenvalue weighted by Gasteiger charge is 2.41. The number of ether oxygens (including phenoxy) is 2. The zero-order chi connectivity index (χ0) is 22.7. The highest BCUT2D eigenvalue weighted by molar-refractivity contribution is 6.24. The number of benzene rings is 3. The molecule has 0 fully saturated rings. The van der Waals surface area contributed by atoms with E-state index >= 15 is 0 Å². The van der Waals surface area contributed by atoms with E-state index in [1.54, 1.807) is 36.4 Å². The molecule has 0 N–H and O–H groups in total. The van der Waals surface area contributed by atoms with E-state index in [9.17, 15) is 24.5 Å². The summed E-state index contributed by atoms with van der Waals surface area (Å²) in [4.78, 5) is 48.5. The first-order chi connectivity index (χ1) is 15.5. The number of hydrogen-bond donors (Lipinski definition) is 0. The maximum absolute atomic E-state index is 12.6. The van der Waals surface area contributed by atoms with Crippen LogP contribution in [0.5, 0.6) is 11.5 Å². The number of para-hydroxylation sites is 2. The predicted octanol–water partition coefficient (Wildman–Crippen LogP) is 3.73. The number of rotatable bonds is 7. The van der Waals surface area contributed by atoms with Crippen LogP contribution in [0, 0.1) is 10.1 Å². The maximum atomic E-state index is 12.6. The van der Waals surface area contributed by atoms with E-state index < -0.39 is 34.9 Å². The molecule has 1 aliphatic heterocycles. The minimum Gasteiger partial charge on any atom is -0.459 e. The van der Waals surface area contributed by atoms with Crippen LogP contribution < -0.4 is 4.74 Å². The topological polar surface area (TPSA) is 116 Å². The van der Waals surface area contributed by atoms with Crippen LogP contribution in [0.4, 0.5) is 5.69 Å². The molecule has 3 aromatic rings. The Bertz CT molecular complexity index is 1220. The molecule has 0 saturated carbocycles. The van der Waals surface area contributed by atoms with Gasteiger partial charge >= 0.3 is 5.97 Å². The number of nitro groups is 1. The quantitative estimate of drug-likeness (QED) is 0.242. The third kappa shape index (κ3) is 4.04. The Morgan fingerprint density at radius 3 is 2.38 bits per heavy atom. The van der Waals surface area contributed by atoms with Crippen molar-refractivity contribution in [1.29, 1.82) is 0 Å². The van der Waals surface area contributed by atoms with Crippen molar-refractivity contribution in [3.63, 3.8) is 0 Å². The van der Waals surface area contributed by atoms with Crippen LogP contribution in [-0.4, -0.2) is 34.2 Å². The van der Waals surface area contributed by atoms with Gasteiger partial charge in [-0.25, -0.2) is 0 Å². The first kappa shape index (κ1) is 20.7. The molecule has 9 nitrogen and oxygen atoms in total. The second-order valence-corrected chi connectivity index (χ2v) is 6.84. The predicted molar refractivity (Wildman–Crippen MR) is 111 cm³/mol. The highest BCUT2D eigenvalue weighted by atomic mass is 16.6. The molecule has 0 atom stereocenters. The maximum Gasteiger partial charge on any atom is 0.326 e. The Balaban J connectivity index is 1.43. The molecule has 0 unspecified atom stereocenters. The minimum atomic E-state index is -0.901. The van der Waals surface area contributed by atoms with Crippen LogP contribution in [0.25, 0.3) is 0 Å². The molecule has 1 heterocycles. The summed E-state index contributed by atoms with van der Waals surface area (Å²) < 4.78 is 11.1. The fraction of sp³-hybridized carbons (Fsp3) is 0.0870. The number of hydrogen-bond acceptors (Lipinski definition) is 7. The lowest BCUT2D eigenvalue weighted by atomic mass is 10.1. The molecule has 0 radical (unpaired) electrons. The Morgan fingerprint density at radius 2 is 1.62 bits per heavy atom. The largest absolute Gasteiger partial charge is 0.459 e. The lowest BCUT2D eigenvalue weighted by molar-refractivity contribution is -0.385. The number of imide groups is 1. The summed E-state index contributed by atoms with van der Waals surface area (Å²) in [5.41, 5.74) is -0.332. The summed E-state index contributed by atoms with van der Waals surface area (Å²) in [6, 6.07) is 19.8. The summed E-state index contributed by atoms with van der Waals surface area (Å²) in [7, 11) is 0. The summed E-state index contributed by atoms with van der Waals surface area (Å²) >= 11 is 0. The van der Waals surface area contributed by atoms with Crippen molar-refractivity contribution in [2.45, 2.75) is 6.61 Å². The van der Waals surface area contributed by atoms with Gasteiger partial charge in [0.2, 0.25) is 0 Å². The van der Waals surface area contributed by atoms with Crippen molar-refractivity contribution in [2.75, 3.05) is 6.54 Å². The van der Waals surface area contributed by atoms with Gasteiger partial charge in [-0.1, -0.05) is 42.5 Å². The van der Waals surface area contributed by atoms with Gasteiger partial charge in [-0.05, 0) is 24.3 Å². The molecule has 0 saturated heterocycles. The molecule has 0 aromatic heterocycles. The molecule has 32 heavy (non-hydrogen) atoms. The van der Waals surface area contributed by atoms with Gasteiger partial charge in [0, 0.05) is 11.6 Å². The van der Waals surface area contributed by atoms with E-state index in [1.807, 2.05) is 18.2 Å². The lowest BCUT2D eigenvalue weighted by Gasteiger charge is -2.14. The summed E-state index contributed by atoms with van der Waals surface area (Å²) in [6.07, 6.45) is 0. The number of carbonyl (C=O) groups is 3. The second kappa shape index (κ2) is 8.68. The van der Waals surface area contributed by atoms with Crippen LogP contribution in [0.2, 0.25) is 0 Å². The van der Waals surface area contributed by atoms with Gasteiger partial charge in [0.25, 0.3) is 17.5 Å². The number of amides is 2. The number of nitro benzene ring substituents is 1. The Labute approximate surface area is 181 Å².